The van der Waals surface area contributed by atoms with Crippen molar-refractivity contribution in [2.45, 2.75) is 57.2 Å². The van der Waals surface area contributed by atoms with Crippen LogP contribution >= 0.6 is 0 Å². The van der Waals surface area contributed by atoms with Crippen LogP contribution in [-0.2, 0) is 29.0 Å². The summed E-state index contributed by atoms with van der Waals surface area (Å²) < 4.78 is 38.1. The SMILES string of the molecule is CC(=O)N[C@H](C(=O)N1C[C@@H]2CCC[C@@H]2[C@H]1C(=O)N[C@H](/C=C(/F)S(C)(=O)=O)C[C@@H]1CCNC1=O)c1ccccc1. The van der Waals surface area contributed by atoms with Crippen molar-refractivity contribution >= 4 is 33.5 Å². The van der Waals surface area contributed by atoms with Crippen molar-refractivity contribution in [2.24, 2.45) is 17.8 Å². The van der Waals surface area contributed by atoms with Crippen molar-refractivity contribution < 1.29 is 32.0 Å². The van der Waals surface area contributed by atoms with Gasteiger partial charge in [0.25, 0.3) is 5.91 Å². The number of fused-ring (bicyclic) bond motifs is 1. The first-order valence-electron chi connectivity index (χ1n) is 13.2. The van der Waals surface area contributed by atoms with Crippen molar-refractivity contribution in [1.82, 2.24) is 20.9 Å². The number of likely N-dealkylation sites (tertiary alicyclic amines) is 1. The van der Waals surface area contributed by atoms with Crippen LogP contribution in [0, 0.1) is 17.8 Å². The number of carbonyl (C=O) groups is 4. The number of nitrogens with one attached hydrogen (secondary N) is 3. The number of halogens is 1. The van der Waals surface area contributed by atoms with Crippen LogP contribution in [-0.4, -0.2) is 68.4 Å². The van der Waals surface area contributed by atoms with Gasteiger partial charge in [0.2, 0.25) is 32.7 Å². The zero-order valence-corrected chi connectivity index (χ0v) is 22.9. The fraction of sp³-hybridized carbons (Fsp3) is 0.556. The molecule has 1 aliphatic carbocycles. The molecular weight excluding hydrogens is 527 g/mol. The van der Waals surface area contributed by atoms with Crippen LogP contribution in [0.2, 0.25) is 0 Å². The Morgan fingerprint density at radius 3 is 2.49 bits per heavy atom. The molecule has 1 aromatic rings. The van der Waals surface area contributed by atoms with E-state index in [1.807, 2.05) is 0 Å². The number of amides is 4. The van der Waals surface area contributed by atoms with Crippen molar-refractivity contribution in [2.75, 3.05) is 19.3 Å². The van der Waals surface area contributed by atoms with E-state index in [0.717, 1.165) is 31.6 Å². The molecule has 0 unspecified atom stereocenters. The molecule has 4 rings (SSSR count). The van der Waals surface area contributed by atoms with Gasteiger partial charge in [-0.2, -0.15) is 4.39 Å². The predicted molar refractivity (Wildman–Crippen MR) is 141 cm³/mol. The lowest BCUT2D eigenvalue weighted by Crippen LogP contribution is -2.53. The van der Waals surface area contributed by atoms with Crippen LogP contribution in [0.5, 0.6) is 0 Å². The lowest BCUT2D eigenvalue weighted by Gasteiger charge is -2.32. The number of carbonyl (C=O) groups excluding carboxylic acids is 4. The predicted octanol–water partition coefficient (Wildman–Crippen LogP) is 1.36. The normalized spacial score (nSPS) is 26.5. The van der Waals surface area contributed by atoms with Crippen molar-refractivity contribution in [1.29, 1.82) is 0 Å². The zero-order chi connectivity index (χ0) is 28.3. The number of benzene rings is 1. The fourth-order valence-electron chi connectivity index (χ4n) is 6.07. The summed E-state index contributed by atoms with van der Waals surface area (Å²) in [6.07, 6.45) is 4.54. The van der Waals surface area contributed by atoms with Gasteiger partial charge in [-0.25, -0.2) is 8.42 Å². The highest BCUT2D eigenvalue weighted by Crippen LogP contribution is 2.43. The molecule has 0 aromatic heterocycles. The Morgan fingerprint density at radius 1 is 1.15 bits per heavy atom. The molecular formula is C27H35FN4O6S. The second-order valence-electron chi connectivity index (χ2n) is 10.7. The van der Waals surface area contributed by atoms with E-state index < -0.39 is 56.8 Å². The van der Waals surface area contributed by atoms with Crippen LogP contribution in [0.25, 0.3) is 0 Å². The van der Waals surface area contributed by atoms with Gasteiger partial charge in [-0.15, -0.1) is 0 Å². The third-order valence-electron chi connectivity index (χ3n) is 7.88. The quantitative estimate of drug-likeness (QED) is 0.415. The maximum Gasteiger partial charge on any atom is 0.250 e. The number of hydrogen-bond donors (Lipinski definition) is 3. The minimum Gasteiger partial charge on any atom is -0.356 e. The molecule has 10 nitrogen and oxygen atoms in total. The largest absolute Gasteiger partial charge is 0.356 e. The van der Waals surface area contributed by atoms with Gasteiger partial charge in [-0.1, -0.05) is 36.8 Å². The smallest absolute Gasteiger partial charge is 0.250 e. The van der Waals surface area contributed by atoms with Gasteiger partial charge in [-0.05, 0) is 49.2 Å². The minimum atomic E-state index is -4.15. The third-order valence-corrected chi connectivity index (χ3v) is 8.73. The first-order valence-corrected chi connectivity index (χ1v) is 15.1. The third kappa shape index (κ3) is 6.66. The molecule has 2 saturated heterocycles. The minimum absolute atomic E-state index is 0.0216. The molecule has 0 spiro atoms. The van der Waals surface area contributed by atoms with Gasteiger partial charge < -0.3 is 20.9 Å². The number of hydrogen-bond acceptors (Lipinski definition) is 6. The molecule has 4 amide bonds. The van der Waals surface area contributed by atoms with Crippen molar-refractivity contribution in [3.8, 4) is 0 Å². The average molecular weight is 563 g/mol. The Hall–Kier alpha value is -3.28. The van der Waals surface area contributed by atoms with Crippen LogP contribution in [0.1, 0.15) is 50.6 Å². The molecule has 39 heavy (non-hydrogen) atoms. The summed E-state index contributed by atoms with van der Waals surface area (Å²) >= 11 is 0. The number of sulfone groups is 1. The van der Waals surface area contributed by atoms with E-state index in [0.29, 0.717) is 25.1 Å². The number of rotatable bonds is 9. The van der Waals surface area contributed by atoms with Gasteiger partial charge in [0.05, 0.1) is 6.04 Å². The molecule has 2 aliphatic heterocycles. The summed E-state index contributed by atoms with van der Waals surface area (Å²) in [4.78, 5) is 53.3. The molecule has 3 aliphatic rings. The molecule has 6 atom stereocenters. The highest BCUT2D eigenvalue weighted by atomic mass is 32.2. The maximum absolute atomic E-state index is 14.5. The van der Waals surface area contributed by atoms with Crippen LogP contribution < -0.4 is 16.0 Å². The second kappa shape index (κ2) is 11.8. The summed E-state index contributed by atoms with van der Waals surface area (Å²) in [5.74, 6) is -2.13. The van der Waals surface area contributed by atoms with E-state index in [1.54, 1.807) is 30.3 Å². The molecule has 0 radical (unpaired) electrons. The standard InChI is InChI=1S/C27H35FN4O6S/c1-16(33)30-23(17-7-4-3-5-8-17)27(36)32-15-19-9-6-10-21(19)24(32)26(35)31-20(14-22(28)39(2,37)38)13-18-11-12-29-25(18)34/h3-5,7-8,14,18-21,23-24H,6,9-13,15H2,1-2H3,(H,29,34)(H,30,33)(H,31,35)/b22-14-/t18-,19-,20-,21-,23-,24-/m0/s1. The van der Waals surface area contributed by atoms with E-state index in [-0.39, 0.29) is 24.2 Å². The van der Waals surface area contributed by atoms with Gasteiger partial charge in [0, 0.05) is 32.2 Å². The Morgan fingerprint density at radius 2 is 1.87 bits per heavy atom. The molecule has 212 valence electrons. The van der Waals surface area contributed by atoms with Crippen molar-refractivity contribution in [3.63, 3.8) is 0 Å². The highest BCUT2D eigenvalue weighted by Gasteiger charge is 2.51. The molecule has 12 heteroatoms. The molecule has 2 heterocycles. The van der Waals surface area contributed by atoms with Gasteiger partial charge in [0.15, 0.2) is 0 Å². The van der Waals surface area contributed by atoms with E-state index in [4.69, 9.17) is 0 Å². The first-order chi connectivity index (χ1) is 18.5. The molecule has 3 fully saturated rings. The van der Waals surface area contributed by atoms with Gasteiger partial charge >= 0.3 is 0 Å². The van der Waals surface area contributed by atoms with Crippen LogP contribution in [0.15, 0.2) is 41.6 Å². The Balaban J connectivity index is 1.62. The van der Waals surface area contributed by atoms with Gasteiger partial charge in [0.1, 0.15) is 12.1 Å². The highest BCUT2D eigenvalue weighted by molar-refractivity contribution is 7.94. The topological polar surface area (TPSA) is 142 Å². The maximum atomic E-state index is 14.5. The van der Waals surface area contributed by atoms with Crippen LogP contribution in [0.4, 0.5) is 4.39 Å². The van der Waals surface area contributed by atoms with Crippen LogP contribution in [0.3, 0.4) is 0 Å². The first kappa shape index (κ1) is 28.7. The van der Waals surface area contributed by atoms with E-state index >= 15 is 0 Å². The fourth-order valence-corrected chi connectivity index (χ4v) is 6.48. The average Bonchev–Trinajstić information content (AvgIpc) is 3.58. The van der Waals surface area contributed by atoms with Crippen molar-refractivity contribution in [3.05, 3.63) is 47.1 Å². The zero-order valence-electron chi connectivity index (χ0n) is 22.1. The summed E-state index contributed by atoms with van der Waals surface area (Å²) in [6.45, 7) is 2.10. The summed E-state index contributed by atoms with van der Waals surface area (Å²) in [6, 6.07) is 5.83. The lowest BCUT2D eigenvalue weighted by molar-refractivity contribution is -0.142. The van der Waals surface area contributed by atoms with E-state index in [2.05, 4.69) is 16.0 Å². The molecule has 1 saturated carbocycles. The Bertz CT molecular complexity index is 1250. The molecule has 1 aromatic carbocycles. The number of nitrogens with zero attached hydrogens (tertiary/aromatic N) is 1. The van der Waals surface area contributed by atoms with Gasteiger partial charge in [-0.3, -0.25) is 19.2 Å². The second-order valence-corrected chi connectivity index (χ2v) is 12.6. The van der Waals surface area contributed by atoms with E-state index in [1.165, 1.54) is 11.8 Å². The Labute approximate surface area is 227 Å². The summed E-state index contributed by atoms with van der Waals surface area (Å²) in [5, 5.41) is 6.75. The summed E-state index contributed by atoms with van der Waals surface area (Å²) in [5.41, 5.74) is 0.581. The van der Waals surface area contributed by atoms with E-state index in [9.17, 15) is 32.0 Å². The molecule has 3 N–H and O–H groups in total. The monoisotopic (exact) mass is 562 g/mol. The molecule has 0 bridgehead atoms. The lowest BCUT2D eigenvalue weighted by atomic mass is 9.92. The Kier molecular flexibility index (Phi) is 8.73. The summed E-state index contributed by atoms with van der Waals surface area (Å²) in [7, 11) is -4.15.